The summed E-state index contributed by atoms with van der Waals surface area (Å²) in [5.41, 5.74) is 2.06. The minimum Gasteiger partial charge on any atom is -0.460 e. The second kappa shape index (κ2) is 19.1. The Kier molecular flexibility index (Phi) is 14.6. The van der Waals surface area contributed by atoms with E-state index in [4.69, 9.17) is 18.9 Å². The van der Waals surface area contributed by atoms with Crippen molar-refractivity contribution in [2.24, 2.45) is 23.7 Å². The molecule has 2 aliphatic heterocycles. The number of rotatable bonds is 12. The molecule has 2 amide bonds. The normalized spacial score (nSPS) is 18.5. The van der Waals surface area contributed by atoms with Crippen LogP contribution in [0.15, 0.2) is 47.2 Å². The fourth-order valence-corrected chi connectivity index (χ4v) is 10.4. The van der Waals surface area contributed by atoms with Gasteiger partial charge in [0.05, 0.1) is 11.8 Å². The summed E-state index contributed by atoms with van der Waals surface area (Å²) in [4.78, 5) is 56.8. The van der Waals surface area contributed by atoms with Gasteiger partial charge in [-0.25, -0.2) is 9.59 Å². The molecule has 2 fully saturated rings. The Balaban J connectivity index is 1.14. The lowest BCUT2D eigenvalue weighted by Crippen LogP contribution is -2.38. The summed E-state index contributed by atoms with van der Waals surface area (Å²) >= 11 is 3.43. The number of benzene rings is 2. The number of hydrogen-bond acceptors (Lipinski definition) is 11. The lowest BCUT2D eigenvalue weighted by molar-refractivity contribution is -0.163. The molecule has 6 rings (SSSR count). The van der Waals surface area contributed by atoms with Crippen LogP contribution in [-0.4, -0.2) is 82.5 Å². The number of ether oxygens (including phenoxy) is 4. The molecule has 13 heteroatoms. The minimum absolute atomic E-state index is 0.0481. The SMILES string of the molecule is CC(C)(C)OC(=O)[C@@H](Cc1ccc2scc(CNCc3csc4ccc(C[C@H](C(=O)OC(C)(C)C)[C@H]5CCN(C(=O)OC(C)(C)C)C5)cc34)c2c1)[C@H]1CCN(C(=O)OC(C)(C)C)C1. The third kappa shape index (κ3) is 13.4. The summed E-state index contributed by atoms with van der Waals surface area (Å²) in [5.74, 6) is -1.38. The molecular formula is C50H69N3O8S2. The fourth-order valence-electron chi connectivity index (χ4n) is 8.48. The maximum atomic E-state index is 13.8. The largest absolute Gasteiger partial charge is 0.460 e. The first-order valence-corrected chi connectivity index (χ1v) is 24.2. The fraction of sp³-hybridized carbons (Fsp3) is 0.600. The number of nitrogens with one attached hydrogen (secondary N) is 1. The molecule has 2 saturated heterocycles. The van der Waals surface area contributed by atoms with E-state index < -0.39 is 34.2 Å². The first kappa shape index (κ1) is 48.3. The standard InChI is InChI=1S/C50H69N3O8S2/c1-47(2,3)58-43(54)39(33-17-19-52(27-33)45(56)60-49(7,8)9)23-31-13-15-41-37(21-31)35(29-62-41)25-51-26-36-30-63-42-16-14-32(22-38(36)42)24-40(44(55)59-48(4,5)6)34-18-20-53(28-34)46(57)61-50(10,11)12/h13-16,21-22,29-30,33-34,39-40,51H,17-20,23-28H2,1-12H3/t33-,34-,39-,40-/m0/s1. The van der Waals surface area contributed by atoms with Gasteiger partial charge in [-0.15, -0.1) is 22.7 Å². The molecule has 11 nitrogen and oxygen atoms in total. The van der Waals surface area contributed by atoms with E-state index in [1.807, 2.05) is 83.1 Å². The highest BCUT2D eigenvalue weighted by atomic mass is 32.1. The van der Waals surface area contributed by atoms with Gasteiger partial charge in [0, 0.05) is 48.7 Å². The Bertz CT molecular complexity index is 2110. The molecule has 0 aliphatic carbocycles. The maximum absolute atomic E-state index is 13.8. The topological polar surface area (TPSA) is 124 Å². The van der Waals surface area contributed by atoms with Gasteiger partial charge in [0.15, 0.2) is 0 Å². The summed E-state index contributed by atoms with van der Waals surface area (Å²) < 4.78 is 25.6. The zero-order chi connectivity index (χ0) is 46.1. The first-order valence-electron chi connectivity index (χ1n) is 22.4. The monoisotopic (exact) mass is 903 g/mol. The molecule has 0 radical (unpaired) electrons. The number of carbonyl (C=O) groups is 4. The zero-order valence-electron chi connectivity index (χ0n) is 39.5. The second-order valence-corrected chi connectivity index (χ2v) is 23.2. The zero-order valence-corrected chi connectivity index (χ0v) is 41.1. The summed E-state index contributed by atoms with van der Waals surface area (Å²) in [6.45, 7) is 25.8. The Morgan fingerprint density at radius 3 is 1.30 bits per heavy atom. The number of likely N-dealkylation sites (tertiary alicyclic amines) is 2. The molecular weight excluding hydrogens is 835 g/mol. The average Bonchev–Trinajstić information content (AvgIpc) is 3.97. The Labute approximate surface area is 382 Å². The number of fused-ring (bicyclic) bond motifs is 2. The number of carbonyl (C=O) groups excluding carboxylic acids is 4. The van der Waals surface area contributed by atoms with Crippen molar-refractivity contribution in [1.29, 1.82) is 0 Å². The second-order valence-electron chi connectivity index (χ2n) is 21.4. The lowest BCUT2D eigenvalue weighted by atomic mass is 9.85. The van der Waals surface area contributed by atoms with Crippen LogP contribution in [0.1, 0.15) is 118 Å². The van der Waals surface area contributed by atoms with E-state index in [1.165, 1.54) is 20.5 Å². The third-order valence-corrected chi connectivity index (χ3v) is 13.3. The number of hydrogen-bond donors (Lipinski definition) is 1. The molecule has 1 N–H and O–H groups in total. The first-order chi connectivity index (χ1) is 29.3. The number of esters is 2. The molecule has 4 atom stereocenters. The smallest absolute Gasteiger partial charge is 0.410 e. The van der Waals surface area contributed by atoms with E-state index in [0.717, 1.165) is 21.9 Å². The minimum atomic E-state index is -0.630. The van der Waals surface area contributed by atoms with Gasteiger partial charge < -0.3 is 34.1 Å². The predicted molar refractivity (Wildman–Crippen MR) is 252 cm³/mol. The van der Waals surface area contributed by atoms with Crippen molar-refractivity contribution in [2.45, 2.75) is 144 Å². The molecule has 4 aromatic rings. The molecule has 0 saturated carbocycles. The molecule has 0 bridgehead atoms. The van der Waals surface area contributed by atoms with E-state index in [9.17, 15) is 19.2 Å². The van der Waals surface area contributed by atoms with Gasteiger partial charge >= 0.3 is 24.1 Å². The van der Waals surface area contributed by atoms with Crippen LogP contribution in [0.25, 0.3) is 20.2 Å². The highest BCUT2D eigenvalue weighted by Crippen LogP contribution is 2.36. The Hall–Kier alpha value is -4.20. The maximum Gasteiger partial charge on any atom is 0.410 e. The Morgan fingerprint density at radius 2 is 0.952 bits per heavy atom. The van der Waals surface area contributed by atoms with Gasteiger partial charge in [-0.1, -0.05) is 12.1 Å². The predicted octanol–water partition coefficient (Wildman–Crippen LogP) is 10.9. The van der Waals surface area contributed by atoms with Crippen LogP contribution >= 0.6 is 22.7 Å². The van der Waals surface area contributed by atoms with E-state index in [-0.39, 0.29) is 36.0 Å². The van der Waals surface area contributed by atoms with Gasteiger partial charge in [-0.2, -0.15) is 0 Å². The number of nitrogens with zero attached hydrogens (tertiary/aromatic N) is 2. The van der Waals surface area contributed by atoms with Crippen LogP contribution in [0.3, 0.4) is 0 Å². The lowest BCUT2D eigenvalue weighted by Gasteiger charge is -2.28. The summed E-state index contributed by atoms with van der Waals surface area (Å²) in [6, 6.07) is 12.9. The van der Waals surface area contributed by atoms with Crippen LogP contribution in [-0.2, 0) is 54.5 Å². The van der Waals surface area contributed by atoms with Gasteiger partial charge in [0.2, 0.25) is 0 Å². The Morgan fingerprint density at radius 1 is 0.587 bits per heavy atom. The van der Waals surface area contributed by atoms with Gasteiger partial charge in [0.1, 0.15) is 22.4 Å². The highest BCUT2D eigenvalue weighted by Gasteiger charge is 2.41. The van der Waals surface area contributed by atoms with Crippen molar-refractivity contribution < 1.29 is 38.1 Å². The number of amides is 2. The van der Waals surface area contributed by atoms with E-state index in [2.05, 4.69) is 52.5 Å². The summed E-state index contributed by atoms with van der Waals surface area (Å²) in [6.07, 6.45) is 1.75. The molecule has 4 heterocycles. The van der Waals surface area contributed by atoms with E-state index in [0.29, 0.717) is 65.0 Å². The van der Waals surface area contributed by atoms with Gasteiger partial charge in [-0.05, 0) is 189 Å². The molecule has 63 heavy (non-hydrogen) atoms. The van der Waals surface area contributed by atoms with Crippen molar-refractivity contribution in [3.8, 4) is 0 Å². The molecule has 2 aromatic carbocycles. The molecule has 2 aliphatic rings. The van der Waals surface area contributed by atoms with Crippen LogP contribution < -0.4 is 5.32 Å². The van der Waals surface area contributed by atoms with E-state index >= 15 is 0 Å². The van der Waals surface area contributed by atoms with Crippen molar-refractivity contribution in [2.75, 3.05) is 26.2 Å². The third-order valence-electron chi connectivity index (χ3n) is 11.3. The quantitative estimate of drug-likeness (QED) is 0.109. The molecule has 2 aromatic heterocycles. The number of thiophene rings is 2. The van der Waals surface area contributed by atoms with Gasteiger partial charge in [-0.3, -0.25) is 9.59 Å². The van der Waals surface area contributed by atoms with Crippen molar-refractivity contribution >= 4 is 67.0 Å². The molecule has 344 valence electrons. The van der Waals surface area contributed by atoms with Crippen LogP contribution in [0.4, 0.5) is 9.59 Å². The van der Waals surface area contributed by atoms with Crippen molar-refractivity contribution in [3.63, 3.8) is 0 Å². The van der Waals surface area contributed by atoms with Crippen molar-refractivity contribution in [3.05, 3.63) is 69.4 Å². The highest BCUT2D eigenvalue weighted by molar-refractivity contribution is 7.17. The average molecular weight is 904 g/mol. The molecule has 0 unspecified atom stereocenters. The van der Waals surface area contributed by atoms with Crippen LogP contribution in [0, 0.1) is 23.7 Å². The van der Waals surface area contributed by atoms with Crippen LogP contribution in [0.2, 0.25) is 0 Å². The summed E-state index contributed by atoms with van der Waals surface area (Å²) in [7, 11) is 0. The van der Waals surface area contributed by atoms with Crippen molar-refractivity contribution in [1.82, 2.24) is 15.1 Å². The molecule has 0 spiro atoms. The van der Waals surface area contributed by atoms with E-state index in [1.54, 1.807) is 32.5 Å². The summed E-state index contributed by atoms with van der Waals surface area (Å²) in [5, 5.41) is 10.4. The van der Waals surface area contributed by atoms with Gasteiger partial charge in [0.25, 0.3) is 0 Å². The van der Waals surface area contributed by atoms with Crippen LogP contribution in [0.5, 0.6) is 0 Å².